The Morgan fingerprint density at radius 1 is 1.18 bits per heavy atom. The molecule has 2 aliphatic heterocycles. The molecule has 0 amide bonds. The molecule has 4 rings (SSSR count). The van der Waals surface area contributed by atoms with E-state index in [-0.39, 0.29) is 18.0 Å². The highest BCUT2D eigenvalue weighted by atomic mass is 16.7. The summed E-state index contributed by atoms with van der Waals surface area (Å²) in [6.07, 6.45) is 2.71. The molecule has 112 valence electrons. The quantitative estimate of drug-likeness (QED) is 0.476. The second-order valence-electron chi connectivity index (χ2n) is 5.67. The Balaban J connectivity index is 1.55. The number of rotatable bonds is 2. The Kier molecular flexibility index (Phi) is 2.82. The zero-order valence-corrected chi connectivity index (χ0v) is 11.9. The van der Waals surface area contributed by atoms with E-state index in [1.54, 1.807) is 13.0 Å². The third-order valence-electron chi connectivity index (χ3n) is 4.30. The molecule has 0 N–H and O–H groups in total. The van der Waals surface area contributed by atoms with E-state index < -0.39 is 12.3 Å². The van der Waals surface area contributed by atoms with E-state index in [1.165, 1.54) is 11.8 Å². The van der Waals surface area contributed by atoms with Crippen molar-refractivity contribution in [3.8, 4) is 0 Å². The van der Waals surface area contributed by atoms with E-state index in [0.717, 1.165) is 12.0 Å². The maximum Gasteiger partial charge on any atom is 0.338 e. The van der Waals surface area contributed by atoms with Gasteiger partial charge in [-0.05, 0) is 24.5 Å². The van der Waals surface area contributed by atoms with E-state index >= 15 is 0 Å². The van der Waals surface area contributed by atoms with Crippen LogP contribution in [0.25, 0.3) is 0 Å². The van der Waals surface area contributed by atoms with Crippen LogP contribution in [0.4, 0.5) is 0 Å². The van der Waals surface area contributed by atoms with Crippen molar-refractivity contribution in [2.45, 2.75) is 25.7 Å². The smallest absolute Gasteiger partial charge is 0.338 e. The SMILES string of the molecule is CC1=C[C@H](O/C=C2\C(=O)OC3c4ccccc4CC23)OC1=O. The molecule has 5 nitrogen and oxygen atoms in total. The number of benzene rings is 1. The lowest BCUT2D eigenvalue weighted by Gasteiger charge is -2.09. The Morgan fingerprint density at radius 2 is 2.00 bits per heavy atom. The van der Waals surface area contributed by atoms with E-state index in [4.69, 9.17) is 14.2 Å². The van der Waals surface area contributed by atoms with Gasteiger partial charge in [-0.15, -0.1) is 0 Å². The largest absolute Gasteiger partial charge is 0.458 e. The Hall–Kier alpha value is -2.56. The van der Waals surface area contributed by atoms with Gasteiger partial charge >= 0.3 is 11.9 Å². The molecule has 0 saturated carbocycles. The highest BCUT2D eigenvalue weighted by molar-refractivity contribution is 5.92. The fourth-order valence-electron chi connectivity index (χ4n) is 3.16. The average molecular weight is 298 g/mol. The molecule has 1 aromatic rings. The summed E-state index contributed by atoms with van der Waals surface area (Å²) < 4.78 is 15.9. The molecule has 0 aromatic heterocycles. The number of ether oxygens (including phenoxy) is 3. The molecule has 3 aliphatic rings. The fraction of sp³-hybridized carbons (Fsp3) is 0.294. The number of cyclic esters (lactones) is 1. The first-order chi connectivity index (χ1) is 10.6. The van der Waals surface area contributed by atoms with Crippen LogP contribution in [0.5, 0.6) is 0 Å². The maximum absolute atomic E-state index is 12.0. The Bertz CT molecular complexity index is 730. The van der Waals surface area contributed by atoms with Crippen LogP contribution < -0.4 is 0 Å². The molecule has 22 heavy (non-hydrogen) atoms. The molecule has 0 radical (unpaired) electrons. The Morgan fingerprint density at radius 3 is 2.77 bits per heavy atom. The molecule has 1 saturated heterocycles. The van der Waals surface area contributed by atoms with Crippen molar-refractivity contribution in [2.75, 3.05) is 0 Å². The monoisotopic (exact) mass is 298 g/mol. The van der Waals surface area contributed by atoms with Crippen LogP contribution in [0, 0.1) is 5.92 Å². The minimum atomic E-state index is -0.768. The van der Waals surface area contributed by atoms with Gasteiger partial charge in [0.05, 0.1) is 11.8 Å². The summed E-state index contributed by atoms with van der Waals surface area (Å²) in [7, 11) is 0. The molecule has 3 atom stereocenters. The number of hydrogen-bond acceptors (Lipinski definition) is 5. The van der Waals surface area contributed by atoms with Crippen LogP contribution >= 0.6 is 0 Å². The van der Waals surface area contributed by atoms with Crippen LogP contribution in [0.15, 0.2) is 47.7 Å². The first kappa shape index (κ1) is 13.1. The second-order valence-corrected chi connectivity index (χ2v) is 5.67. The summed E-state index contributed by atoms with van der Waals surface area (Å²) in [5.41, 5.74) is 3.25. The number of fused-ring (bicyclic) bond motifs is 3. The second kappa shape index (κ2) is 4.73. The molecule has 5 heteroatoms. The lowest BCUT2D eigenvalue weighted by Crippen LogP contribution is -2.11. The standard InChI is InChI=1S/C17H14O5/c1-9-6-14(21-16(9)18)20-8-13-12-7-10-4-2-3-5-11(10)15(12)22-17(13)19/h2-6,8,12,14-15H,7H2,1H3/b13-8-/t12?,14-,15?/m1/s1. The van der Waals surface area contributed by atoms with Gasteiger partial charge in [-0.1, -0.05) is 24.3 Å². The predicted molar refractivity (Wildman–Crippen MR) is 75.3 cm³/mol. The van der Waals surface area contributed by atoms with Crippen molar-refractivity contribution < 1.29 is 23.8 Å². The van der Waals surface area contributed by atoms with Crippen molar-refractivity contribution in [1.82, 2.24) is 0 Å². The lowest BCUT2D eigenvalue weighted by molar-refractivity contribution is -0.152. The van der Waals surface area contributed by atoms with Crippen LogP contribution in [-0.2, 0) is 30.2 Å². The lowest BCUT2D eigenvalue weighted by atomic mass is 9.98. The minimum absolute atomic E-state index is 0.0351. The molecule has 0 bridgehead atoms. The summed E-state index contributed by atoms with van der Waals surface area (Å²) in [6, 6.07) is 7.96. The first-order valence-corrected chi connectivity index (χ1v) is 7.17. The Labute approximate surface area is 127 Å². The highest BCUT2D eigenvalue weighted by Crippen LogP contribution is 2.47. The van der Waals surface area contributed by atoms with Gasteiger partial charge in [0.15, 0.2) is 0 Å². The van der Waals surface area contributed by atoms with Crippen molar-refractivity contribution in [3.63, 3.8) is 0 Å². The summed E-state index contributed by atoms with van der Waals surface area (Å²) in [4.78, 5) is 23.3. The zero-order chi connectivity index (χ0) is 15.3. The van der Waals surface area contributed by atoms with Gasteiger partial charge in [0.1, 0.15) is 6.10 Å². The van der Waals surface area contributed by atoms with Crippen molar-refractivity contribution in [3.05, 3.63) is 58.9 Å². The normalized spacial score (nSPS) is 30.7. The molecular weight excluding hydrogens is 284 g/mol. The average Bonchev–Trinajstić information content (AvgIpc) is 3.10. The van der Waals surface area contributed by atoms with Gasteiger partial charge in [0.25, 0.3) is 6.29 Å². The van der Waals surface area contributed by atoms with Crippen molar-refractivity contribution in [1.29, 1.82) is 0 Å². The minimum Gasteiger partial charge on any atom is -0.458 e. The molecule has 1 aromatic carbocycles. The summed E-state index contributed by atoms with van der Waals surface area (Å²) in [5.74, 6) is -0.801. The third kappa shape index (κ3) is 1.93. The molecule has 1 fully saturated rings. The maximum atomic E-state index is 12.0. The molecule has 2 unspecified atom stereocenters. The van der Waals surface area contributed by atoms with Gasteiger partial charge in [0.2, 0.25) is 0 Å². The predicted octanol–water partition coefficient (Wildman–Crippen LogP) is 2.19. The molecule has 1 aliphatic carbocycles. The number of esters is 2. The van der Waals surface area contributed by atoms with Crippen molar-refractivity contribution >= 4 is 11.9 Å². The first-order valence-electron chi connectivity index (χ1n) is 7.17. The number of hydrogen-bond donors (Lipinski definition) is 0. The van der Waals surface area contributed by atoms with E-state index in [9.17, 15) is 9.59 Å². The zero-order valence-electron chi connectivity index (χ0n) is 11.9. The van der Waals surface area contributed by atoms with Crippen LogP contribution in [0.3, 0.4) is 0 Å². The van der Waals surface area contributed by atoms with Crippen molar-refractivity contribution in [2.24, 2.45) is 5.92 Å². The van der Waals surface area contributed by atoms with Gasteiger partial charge in [-0.2, -0.15) is 0 Å². The molecular formula is C17H14O5. The summed E-state index contributed by atoms with van der Waals surface area (Å²) in [6.45, 7) is 1.66. The van der Waals surface area contributed by atoms with Crippen LogP contribution in [-0.4, -0.2) is 18.2 Å². The third-order valence-corrected chi connectivity index (χ3v) is 4.30. The van der Waals surface area contributed by atoms with Gasteiger partial charge < -0.3 is 14.2 Å². The van der Waals surface area contributed by atoms with Gasteiger partial charge in [0, 0.05) is 17.6 Å². The van der Waals surface area contributed by atoms with Crippen LogP contribution in [0.2, 0.25) is 0 Å². The van der Waals surface area contributed by atoms with E-state index in [1.807, 2.05) is 24.3 Å². The topological polar surface area (TPSA) is 61.8 Å². The van der Waals surface area contributed by atoms with Gasteiger partial charge in [-0.25, -0.2) is 9.59 Å². The fourth-order valence-corrected chi connectivity index (χ4v) is 3.16. The van der Waals surface area contributed by atoms with Crippen LogP contribution in [0.1, 0.15) is 24.2 Å². The van der Waals surface area contributed by atoms with E-state index in [0.29, 0.717) is 11.1 Å². The van der Waals surface area contributed by atoms with Gasteiger partial charge in [-0.3, -0.25) is 0 Å². The van der Waals surface area contributed by atoms with E-state index in [2.05, 4.69) is 0 Å². The summed E-state index contributed by atoms with van der Waals surface area (Å²) in [5, 5.41) is 0. The number of carbonyl (C=O) groups excluding carboxylic acids is 2. The number of carbonyl (C=O) groups is 2. The molecule has 0 spiro atoms. The molecule has 2 heterocycles. The highest BCUT2D eigenvalue weighted by Gasteiger charge is 2.46. The summed E-state index contributed by atoms with van der Waals surface area (Å²) >= 11 is 0.